The predicted octanol–water partition coefficient (Wildman–Crippen LogP) is 0.580. The number of aryl methyl sites for hydroxylation is 2. The number of carboxylic acids is 1. The number of hydrogen-bond donors (Lipinski definition) is 2. The third-order valence-corrected chi connectivity index (χ3v) is 2.84. The second-order valence-corrected chi connectivity index (χ2v) is 4.91. The Kier molecular flexibility index (Phi) is 4.47. The van der Waals surface area contributed by atoms with E-state index >= 15 is 0 Å². The van der Waals surface area contributed by atoms with Crippen LogP contribution in [0.5, 0.6) is 0 Å². The zero-order chi connectivity index (χ0) is 13.8. The second kappa shape index (κ2) is 5.66. The van der Waals surface area contributed by atoms with E-state index in [2.05, 4.69) is 10.4 Å². The number of aromatic nitrogens is 2. The van der Waals surface area contributed by atoms with Crippen LogP contribution in [0.15, 0.2) is 12.3 Å². The quantitative estimate of drug-likeness (QED) is 0.776. The Morgan fingerprint density at radius 1 is 1.50 bits per heavy atom. The summed E-state index contributed by atoms with van der Waals surface area (Å²) in [5.74, 6) is -1.07. The first-order chi connectivity index (χ1) is 8.33. The van der Waals surface area contributed by atoms with Crippen LogP contribution in [0.25, 0.3) is 0 Å². The molecule has 0 aromatic carbocycles. The van der Waals surface area contributed by atoms with Crippen LogP contribution in [0.1, 0.15) is 26.0 Å². The molecule has 1 rings (SSSR count). The Labute approximate surface area is 106 Å². The fraction of sp³-hybridized carbons (Fsp3) is 0.583. The van der Waals surface area contributed by atoms with Gasteiger partial charge in [0, 0.05) is 31.9 Å². The third-order valence-electron chi connectivity index (χ3n) is 2.84. The second-order valence-electron chi connectivity index (χ2n) is 4.91. The summed E-state index contributed by atoms with van der Waals surface area (Å²) in [4.78, 5) is 22.4. The number of carboxylic acid groups (broad SMARTS) is 1. The van der Waals surface area contributed by atoms with Crippen molar-refractivity contribution in [2.24, 2.45) is 12.5 Å². The summed E-state index contributed by atoms with van der Waals surface area (Å²) in [5.41, 5.74) is 0.0324. The lowest BCUT2D eigenvalue weighted by Gasteiger charge is -2.19. The van der Waals surface area contributed by atoms with Crippen molar-refractivity contribution in [3.05, 3.63) is 18.0 Å². The van der Waals surface area contributed by atoms with Gasteiger partial charge in [-0.05, 0) is 26.3 Å². The minimum Gasteiger partial charge on any atom is -0.481 e. The zero-order valence-corrected chi connectivity index (χ0v) is 10.9. The molecule has 1 amide bonds. The molecule has 0 atom stereocenters. The van der Waals surface area contributed by atoms with Crippen molar-refractivity contribution in [2.75, 3.05) is 6.54 Å². The molecule has 1 aromatic rings. The number of hydrogen-bond acceptors (Lipinski definition) is 3. The topological polar surface area (TPSA) is 84.2 Å². The Morgan fingerprint density at radius 2 is 2.17 bits per heavy atom. The van der Waals surface area contributed by atoms with Crippen LogP contribution in [0, 0.1) is 5.41 Å². The van der Waals surface area contributed by atoms with E-state index in [-0.39, 0.29) is 12.5 Å². The highest BCUT2D eigenvalue weighted by Crippen LogP contribution is 2.13. The molecule has 0 bridgehead atoms. The number of carbonyl (C=O) groups is 2. The van der Waals surface area contributed by atoms with Gasteiger partial charge in [-0.3, -0.25) is 14.3 Å². The average Bonchev–Trinajstić information content (AvgIpc) is 2.69. The van der Waals surface area contributed by atoms with Crippen LogP contribution in [0.3, 0.4) is 0 Å². The maximum Gasteiger partial charge on any atom is 0.310 e. The van der Waals surface area contributed by atoms with Crippen molar-refractivity contribution < 1.29 is 14.7 Å². The van der Waals surface area contributed by atoms with Gasteiger partial charge in [0.2, 0.25) is 5.91 Å². The third kappa shape index (κ3) is 3.87. The fourth-order valence-electron chi connectivity index (χ4n) is 1.37. The lowest BCUT2D eigenvalue weighted by Crippen LogP contribution is -2.39. The smallest absolute Gasteiger partial charge is 0.310 e. The Bertz CT molecular complexity index is 438. The number of amides is 1. The number of nitrogens with one attached hydrogen (secondary N) is 1. The van der Waals surface area contributed by atoms with E-state index in [0.29, 0.717) is 12.8 Å². The average molecular weight is 253 g/mol. The molecule has 1 heterocycles. The molecule has 0 aliphatic rings. The molecule has 6 nitrogen and oxygen atoms in total. The van der Waals surface area contributed by atoms with Crippen LogP contribution in [-0.2, 0) is 23.1 Å². The maximum absolute atomic E-state index is 11.6. The molecule has 0 saturated heterocycles. The molecule has 18 heavy (non-hydrogen) atoms. The van der Waals surface area contributed by atoms with E-state index in [0.717, 1.165) is 5.69 Å². The number of carbonyl (C=O) groups excluding carboxylic acids is 1. The van der Waals surface area contributed by atoms with Crippen molar-refractivity contribution in [1.82, 2.24) is 15.1 Å². The van der Waals surface area contributed by atoms with Gasteiger partial charge in [0.05, 0.1) is 5.41 Å². The van der Waals surface area contributed by atoms with E-state index in [1.807, 2.05) is 13.1 Å². The molecule has 0 saturated carbocycles. The monoisotopic (exact) mass is 253 g/mol. The Hall–Kier alpha value is -1.85. The molecule has 0 unspecified atom stereocenters. The lowest BCUT2D eigenvalue weighted by molar-refractivity contribution is -0.146. The van der Waals surface area contributed by atoms with E-state index in [9.17, 15) is 9.59 Å². The van der Waals surface area contributed by atoms with Crippen molar-refractivity contribution in [2.45, 2.75) is 26.7 Å². The molecule has 0 spiro atoms. The lowest BCUT2D eigenvalue weighted by atomic mass is 9.94. The molecular formula is C12H19N3O3. The Morgan fingerprint density at radius 3 is 2.67 bits per heavy atom. The minimum atomic E-state index is -0.942. The normalized spacial score (nSPS) is 11.3. The molecule has 100 valence electrons. The van der Waals surface area contributed by atoms with Gasteiger partial charge in [0.1, 0.15) is 0 Å². The number of rotatable bonds is 6. The summed E-state index contributed by atoms with van der Waals surface area (Å²) in [6.07, 6.45) is 2.60. The molecule has 0 aliphatic heterocycles. The van der Waals surface area contributed by atoms with Gasteiger partial charge in [0.25, 0.3) is 0 Å². The van der Waals surface area contributed by atoms with Gasteiger partial charge in [-0.1, -0.05) is 0 Å². The summed E-state index contributed by atoms with van der Waals surface area (Å²) >= 11 is 0. The highest BCUT2D eigenvalue weighted by molar-refractivity contribution is 5.78. The SMILES string of the molecule is Cn1nccc1CCC(=O)NCC(C)(C)C(=O)O. The van der Waals surface area contributed by atoms with Gasteiger partial charge >= 0.3 is 5.97 Å². The molecule has 6 heteroatoms. The molecular weight excluding hydrogens is 234 g/mol. The zero-order valence-electron chi connectivity index (χ0n) is 10.9. The van der Waals surface area contributed by atoms with Crippen molar-refractivity contribution in [3.63, 3.8) is 0 Å². The number of aliphatic carboxylic acids is 1. The van der Waals surface area contributed by atoms with Gasteiger partial charge in [-0.2, -0.15) is 5.10 Å². The first-order valence-corrected chi connectivity index (χ1v) is 5.80. The highest BCUT2D eigenvalue weighted by Gasteiger charge is 2.27. The standard InChI is InChI=1S/C12H19N3O3/c1-12(2,11(17)18)8-13-10(16)5-4-9-6-7-14-15(9)3/h6-7H,4-5,8H2,1-3H3,(H,13,16)(H,17,18). The van der Waals surface area contributed by atoms with Gasteiger partial charge < -0.3 is 10.4 Å². The van der Waals surface area contributed by atoms with Gasteiger partial charge in [-0.25, -0.2) is 0 Å². The van der Waals surface area contributed by atoms with Crippen molar-refractivity contribution >= 4 is 11.9 Å². The maximum atomic E-state index is 11.6. The summed E-state index contributed by atoms with van der Waals surface area (Å²) in [6, 6.07) is 1.86. The fourth-order valence-corrected chi connectivity index (χ4v) is 1.37. The molecule has 0 fully saturated rings. The summed E-state index contributed by atoms with van der Waals surface area (Å²) in [7, 11) is 1.82. The van der Waals surface area contributed by atoms with Crippen LogP contribution < -0.4 is 5.32 Å². The van der Waals surface area contributed by atoms with Crippen LogP contribution >= 0.6 is 0 Å². The molecule has 0 radical (unpaired) electrons. The van der Waals surface area contributed by atoms with E-state index < -0.39 is 11.4 Å². The molecule has 0 aliphatic carbocycles. The van der Waals surface area contributed by atoms with Crippen LogP contribution in [0.4, 0.5) is 0 Å². The number of nitrogens with zero attached hydrogens (tertiary/aromatic N) is 2. The molecule has 2 N–H and O–H groups in total. The van der Waals surface area contributed by atoms with E-state index in [4.69, 9.17) is 5.11 Å². The predicted molar refractivity (Wildman–Crippen MR) is 66.0 cm³/mol. The Balaban J connectivity index is 2.35. The largest absolute Gasteiger partial charge is 0.481 e. The minimum absolute atomic E-state index is 0.132. The first-order valence-electron chi connectivity index (χ1n) is 5.80. The first kappa shape index (κ1) is 14.2. The van der Waals surface area contributed by atoms with Gasteiger partial charge in [0.15, 0.2) is 0 Å². The van der Waals surface area contributed by atoms with Crippen LogP contribution in [0.2, 0.25) is 0 Å². The van der Waals surface area contributed by atoms with Crippen molar-refractivity contribution in [1.29, 1.82) is 0 Å². The van der Waals surface area contributed by atoms with E-state index in [1.165, 1.54) is 0 Å². The van der Waals surface area contributed by atoms with Gasteiger partial charge in [-0.15, -0.1) is 0 Å². The van der Waals surface area contributed by atoms with Crippen molar-refractivity contribution in [3.8, 4) is 0 Å². The summed E-state index contributed by atoms with van der Waals surface area (Å²) in [6.45, 7) is 3.29. The molecule has 1 aromatic heterocycles. The summed E-state index contributed by atoms with van der Waals surface area (Å²) in [5, 5.41) is 15.6. The van der Waals surface area contributed by atoms with E-state index in [1.54, 1.807) is 24.7 Å². The van der Waals surface area contributed by atoms with Crippen LogP contribution in [-0.4, -0.2) is 33.3 Å². The summed E-state index contributed by atoms with van der Waals surface area (Å²) < 4.78 is 1.72. The highest BCUT2D eigenvalue weighted by atomic mass is 16.4.